The molecule has 2 aromatic heterocycles. The Hall–Kier alpha value is -3.42. The predicted molar refractivity (Wildman–Crippen MR) is 143 cm³/mol. The van der Waals surface area contributed by atoms with E-state index in [-0.39, 0.29) is 12.4 Å². The second-order valence-electron chi connectivity index (χ2n) is 10.8. The van der Waals surface area contributed by atoms with Crippen LogP contribution < -0.4 is 4.90 Å². The Balaban J connectivity index is 1.21. The van der Waals surface area contributed by atoms with Crippen molar-refractivity contribution in [3.05, 3.63) is 78.5 Å². The third-order valence-corrected chi connectivity index (χ3v) is 8.47. The van der Waals surface area contributed by atoms with Gasteiger partial charge in [0.05, 0.1) is 11.4 Å². The minimum absolute atomic E-state index is 0.227. The highest BCUT2D eigenvalue weighted by Gasteiger charge is 2.34. The molecule has 0 aliphatic carbocycles. The molecular weight excluding hydrogens is 465 g/mol. The van der Waals surface area contributed by atoms with E-state index in [9.17, 15) is 9.50 Å². The molecule has 7 rings (SSSR count). The molecule has 0 amide bonds. The van der Waals surface area contributed by atoms with Crippen molar-refractivity contribution >= 4 is 5.69 Å². The number of aromatic nitrogens is 3. The molecule has 190 valence electrons. The number of nitrogens with zero attached hydrogens (tertiary/aromatic N) is 5. The zero-order valence-electron chi connectivity index (χ0n) is 20.9. The lowest BCUT2D eigenvalue weighted by atomic mass is 9.96. The van der Waals surface area contributed by atoms with Crippen LogP contribution in [-0.2, 0) is 6.54 Å². The number of aliphatic hydroxyl groups excluding tert-OH is 1. The van der Waals surface area contributed by atoms with E-state index in [2.05, 4.69) is 49.4 Å². The summed E-state index contributed by atoms with van der Waals surface area (Å²) in [6.45, 7) is 6.34. The minimum Gasteiger partial charge on any atom is -0.396 e. The third-order valence-electron chi connectivity index (χ3n) is 8.47. The Morgan fingerprint density at radius 1 is 0.946 bits per heavy atom. The van der Waals surface area contributed by atoms with E-state index in [1.165, 1.54) is 49.3 Å². The van der Waals surface area contributed by atoms with Crippen LogP contribution in [0.5, 0.6) is 0 Å². The predicted octanol–water partition coefficient (Wildman–Crippen LogP) is 4.65. The quantitative estimate of drug-likeness (QED) is 0.384. The van der Waals surface area contributed by atoms with Gasteiger partial charge in [-0.1, -0.05) is 12.1 Å². The van der Waals surface area contributed by atoms with Crippen LogP contribution in [0, 0.1) is 17.7 Å². The first-order valence-corrected chi connectivity index (χ1v) is 13.4. The highest BCUT2D eigenvalue weighted by atomic mass is 19.1. The highest BCUT2D eigenvalue weighted by Crippen LogP contribution is 2.37. The maximum atomic E-state index is 13.5. The molecule has 2 fully saturated rings. The second-order valence-corrected chi connectivity index (χ2v) is 10.8. The molecular formula is C30H32FN5O. The van der Waals surface area contributed by atoms with Gasteiger partial charge in [-0.25, -0.2) is 9.37 Å². The number of aliphatic hydroxyl groups is 1. The van der Waals surface area contributed by atoms with Crippen molar-refractivity contribution in [1.29, 1.82) is 0 Å². The first-order chi connectivity index (χ1) is 18.2. The lowest BCUT2D eigenvalue weighted by molar-refractivity contribution is 0.176. The van der Waals surface area contributed by atoms with Crippen LogP contribution in [0.15, 0.2) is 67.1 Å². The molecule has 0 saturated carbocycles. The van der Waals surface area contributed by atoms with Gasteiger partial charge in [-0.2, -0.15) is 0 Å². The van der Waals surface area contributed by atoms with Crippen molar-refractivity contribution in [3.8, 4) is 28.3 Å². The number of halogens is 1. The number of imidazole rings is 1. The first-order valence-electron chi connectivity index (χ1n) is 13.4. The molecule has 2 aromatic carbocycles. The summed E-state index contributed by atoms with van der Waals surface area (Å²) < 4.78 is 17.9. The summed E-state index contributed by atoms with van der Waals surface area (Å²) in [5.74, 6) is 1.49. The van der Waals surface area contributed by atoms with Gasteiger partial charge in [0.2, 0.25) is 0 Å². The molecule has 2 saturated heterocycles. The van der Waals surface area contributed by atoms with Gasteiger partial charge in [0.15, 0.2) is 5.82 Å². The fraction of sp³-hybridized carbons (Fsp3) is 0.367. The van der Waals surface area contributed by atoms with Gasteiger partial charge >= 0.3 is 0 Å². The Morgan fingerprint density at radius 2 is 1.76 bits per heavy atom. The fourth-order valence-electron chi connectivity index (χ4n) is 6.49. The van der Waals surface area contributed by atoms with Gasteiger partial charge in [0, 0.05) is 68.5 Å². The maximum Gasteiger partial charge on any atom is 0.161 e. The van der Waals surface area contributed by atoms with E-state index < -0.39 is 0 Å². The van der Waals surface area contributed by atoms with Crippen LogP contribution in [0.2, 0.25) is 0 Å². The number of rotatable bonds is 5. The lowest BCUT2D eigenvalue weighted by Gasteiger charge is -2.23. The molecule has 0 unspecified atom stereocenters. The molecule has 37 heavy (non-hydrogen) atoms. The van der Waals surface area contributed by atoms with E-state index in [0.29, 0.717) is 11.8 Å². The highest BCUT2D eigenvalue weighted by molar-refractivity contribution is 5.72. The maximum absolute atomic E-state index is 13.5. The molecule has 0 spiro atoms. The minimum atomic E-state index is -0.227. The smallest absolute Gasteiger partial charge is 0.161 e. The molecule has 2 atom stereocenters. The Morgan fingerprint density at radius 3 is 2.57 bits per heavy atom. The Labute approximate surface area is 216 Å². The summed E-state index contributed by atoms with van der Waals surface area (Å²) in [5, 5.41) is 10.1. The number of anilines is 1. The molecule has 3 aliphatic heterocycles. The van der Waals surface area contributed by atoms with Crippen LogP contribution in [-0.4, -0.2) is 63.5 Å². The van der Waals surface area contributed by atoms with E-state index >= 15 is 0 Å². The SMILES string of the molecule is OC[C@H]1CN(c2ccc3c(c2)Cn2cc(-c4ccc(F)cc4)cc2-c2nccn2-3)C[C@@H]1CN1CCCC1. The molecule has 0 radical (unpaired) electrons. The van der Waals surface area contributed by atoms with E-state index in [1.807, 2.05) is 24.5 Å². The molecule has 7 heteroatoms. The summed E-state index contributed by atoms with van der Waals surface area (Å²) in [4.78, 5) is 9.73. The summed E-state index contributed by atoms with van der Waals surface area (Å²) >= 11 is 0. The van der Waals surface area contributed by atoms with Gasteiger partial charge in [-0.15, -0.1) is 0 Å². The number of likely N-dealkylation sites (tertiary alicyclic amines) is 1. The van der Waals surface area contributed by atoms with Gasteiger partial charge in [0.25, 0.3) is 0 Å². The zero-order valence-corrected chi connectivity index (χ0v) is 20.9. The van der Waals surface area contributed by atoms with Crippen molar-refractivity contribution in [2.24, 2.45) is 11.8 Å². The summed E-state index contributed by atoms with van der Waals surface area (Å²) in [6, 6.07) is 15.6. The molecule has 3 aliphatic rings. The van der Waals surface area contributed by atoms with Crippen LogP contribution in [0.25, 0.3) is 28.3 Å². The van der Waals surface area contributed by atoms with Gasteiger partial charge < -0.3 is 19.5 Å². The summed E-state index contributed by atoms with van der Waals surface area (Å²) in [5.41, 5.74) is 6.70. The van der Waals surface area contributed by atoms with Crippen molar-refractivity contribution < 1.29 is 9.50 Å². The van der Waals surface area contributed by atoms with Crippen molar-refractivity contribution in [3.63, 3.8) is 0 Å². The van der Waals surface area contributed by atoms with Crippen molar-refractivity contribution in [1.82, 2.24) is 19.0 Å². The molecule has 0 bridgehead atoms. The molecule has 4 aromatic rings. The summed E-state index contributed by atoms with van der Waals surface area (Å²) in [7, 11) is 0. The number of hydrogen-bond acceptors (Lipinski definition) is 4. The van der Waals surface area contributed by atoms with Crippen LogP contribution in [0.3, 0.4) is 0 Å². The fourth-order valence-corrected chi connectivity index (χ4v) is 6.49. The van der Waals surface area contributed by atoms with Crippen LogP contribution in [0.4, 0.5) is 10.1 Å². The average Bonchev–Trinajstić information content (AvgIpc) is 3.71. The first kappa shape index (κ1) is 22.8. The summed E-state index contributed by atoms with van der Waals surface area (Å²) in [6.07, 6.45) is 8.62. The molecule has 5 heterocycles. The van der Waals surface area contributed by atoms with Gasteiger partial charge in [0.1, 0.15) is 5.82 Å². The van der Waals surface area contributed by atoms with Crippen LogP contribution in [0.1, 0.15) is 18.4 Å². The Kier molecular flexibility index (Phi) is 5.63. The van der Waals surface area contributed by atoms with Crippen molar-refractivity contribution in [2.75, 3.05) is 44.2 Å². The number of fused-ring (bicyclic) bond motifs is 5. The van der Waals surface area contributed by atoms with E-state index in [1.54, 1.807) is 0 Å². The average molecular weight is 498 g/mol. The molecule has 6 nitrogen and oxygen atoms in total. The van der Waals surface area contributed by atoms with Gasteiger partial charge in [-0.05, 0) is 79.4 Å². The normalized spacial score (nSPS) is 21.1. The third kappa shape index (κ3) is 4.06. The topological polar surface area (TPSA) is 49.5 Å². The number of benzene rings is 2. The monoisotopic (exact) mass is 497 g/mol. The largest absolute Gasteiger partial charge is 0.396 e. The molecule has 1 N–H and O–H groups in total. The number of hydrogen-bond donors (Lipinski definition) is 1. The van der Waals surface area contributed by atoms with E-state index in [4.69, 9.17) is 4.98 Å². The lowest BCUT2D eigenvalue weighted by Crippen LogP contribution is -2.31. The standard InChI is InChI=1S/C30H32FN5O/c31-26-5-3-21(4-6-26)22-14-29-30-32-9-12-36(30)28-8-7-27(13-23(28)17-35(29)16-22)34-18-24(25(19-34)20-37)15-33-10-1-2-11-33/h3-9,12-14,16,24-25,37H,1-2,10-11,15,17-20H2/t24-,25+/m0/s1. The van der Waals surface area contributed by atoms with E-state index in [0.717, 1.165) is 54.5 Å². The van der Waals surface area contributed by atoms with Crippen LogP contribution >= 0.6 is 0 Å². The zero-order chi connectivity index (χ0) is 24.9. The Bertz CT molecular complexity index is 1420. The van der Waals surface area contributed by atoms with Crippen molar-refractivity contribution in [2.45, 2.75) is 19.4 Å². The van der Waals surface area contributed by atoms with Gasteiger partial charge in [-0.3, -0.25) is 4.57 Å². The second kappa shape index (κ2) is 9.15.